The van der Waals surface area contributed by atoms with Crippen LogP contribution in [0, 0.1) is 11.3 Å². The van der Waals surface area contributed by atoms with E-state index in [1.54, 1.807) is 30.3 Å². The fourth-order valence-electron chi connectivity index (χ4n) is 3.30. The molecule has 0 bridgehead atoms. The molecule has 148 valence electrons. The van der Waals surface area contributed by atoms with Crippen molar-refractivity contribution in [1.82, 2.24) is 5.43 Å². The predicted molar refractivity (Wildman–Crippen MR) is 110 cm³/mol. The lowest BCUT2D eigenvalue weighted by Gasteiger charge is -2.09. The van der Waals surface area contributed by atoms with Crippen molar-refractivity contribution in [1.29, 1.82) is 5.26 Å². The van der Waals surface area contributed by atoms with Gasteiger partial charge in [0.1, 0.15) is 16.6 Å². The number of fused-ring (bicyclic) bond motifs is 2. The highest BCUT2D eigenvalue weighted by atomic mass is 32.1. The number of hydrogen-bond donors (Lipinski definition) is 2. The summed E-state index contributed by atoms with van der Waals surface area (Å²) < 4.78 is 0. The Morgan fingerprint density at radius 2 is 1.97 bits per heavy atom. The third kappa shape index (κ3) is 3.82. The Kier molecular flexibility index (Phi) is 5.35. The first-order valence-corrected chi connectivity index (χ1v) is 10.1. The van der Waals surface area contributed by atoms with Gasteiger partial charge in [0.15, 0.2) is 0 Å². The fraction of sp³-hybridized carbons (Fsp3) is 0.190. The van der Waals surface area contributed by atoms with Crippen LogP contribution in [0.3, 0.4) is 0 Å². The van der Waals surface area contributed by atoms with E-state index in [-0.39, 0.29) is 5.57 Å². The number of hydrogen-bond acceptors (Lipinski definition) is 6. The van der Waals surface area contributed by atoms with Crippen molar-refractivity contribution in [2.45, 2.75) is 25.7 Å². The third-order valence-corrected chi connectivity index (χ3v) is 5.95. The second-order valence-electron chi connectivity index (χ2n) is 6.68. The molecule has 30 heavy (non-hydrogen) atoms. The van der Waals surface area contributed by atoms with Crippen LogP contribution in [0.5, 0.6) is 0 Å². The Labute approximate surface area is 174 Å². The molecule has 0 unspecified atom stereocenters. The largest absolute Gasteiger partial charge is 0.330 e. The van der Waals surface area contributed by atoms with Crippen LogP contribution < -0.4 is 21.3 Å². The van der Waals surface area contributed by atoms with Gasteiger partial charge in [-0.05, 0) is 43.4 Å². The third-order valence-electron chi connectivity index (χ3n) is 4.74. The molecule has 2 heterocycles. The average Bonchev–Trinajstić information content (AvgIpc) is 3.10. The molecule has 4 rings (SSSR count). The van der Waals surface area contributed by atoms with E-state index in [0.717, 1.165) is 41.3 Å². The minimum atomic E-state index is -1.03. The van der Waals surface area contributed by atoms with E-state index in [4.69, 9.17) is 0 Å². The lowest BCUT2D eigenvalue weighted by atomic mass is 9.96. The Bertz CT molecular complexity index is 1310. The highest BCUT2D eigenvalue weighted by molar-refractivity contribution is 7.16. The molecule has 0 atom stereocenters. The zero-order chi connectivity index (χ0) is 21.1. The highest BCUT2D eigenvalue weighted by Crippen LogP contribution is 2.37. The number of carbonyl (C=O) groups is 3. The number of rotatable bonds is 2. The van der Waals surface area contributed by atoms with Crippen molar-refractivity contribution >= 4 is 46.0 Å². The number of amides is 3. The van der Waals surface area contributed by atoms with Crippen LogP contribution in [0.2, 0.25) is 0 Å². The number of para-hydroxylation sites is 1. The molecule has 1 aliphatic carbocycles. The Hall–Kier alpha value is -3.86. The van der Waals surface area contributed by atoms with E-state index in [1.807, 2.05) is 5.43 Å². The number of hydrazone groups is 1. The Balaban J connectivity index is 1.47. The summed E-state index contributed by atoms with van der Waals surface area (Å²) in [6, 6.07) is 9.19. The van der Waals surface area contributed by atoms with Crippen LogP contribution in [0.25, 0.3) is 6.08 Å². The lowest BCUT2D eigenvalue weighted by molar-refractivity contribution is -0.136. The van der Waals surface area contributed by atoms with Gasteiger partial charge in [-0.2, -0.15) is 5.26 Å². The maximum absolute atomic E-state index is 12.2. The molecule has 0 radical (unpaired) electrons. The van der Waals surface area contributed by atoms with Crippen LogP contribution in [-0.4, -0.2) is 23.6 Å². The van der Waals surface area contributed by atoms with E-state index in [9.17, 15) is 19.6 Å². The minimum absolute atomic E-state index is 0.0621. The summed E-state index contributed by atoms with van der Waals surface area (Å²) in [6.45, 7) is 0. The highest BCUT2D eigenvalue weighted by Gasteiger charge is 2.23. The molecule has 2 aliphatic rings. The molecular weight excluding hydrogens is 402 g/mol. The summed E-state index contributed by atoms with van der Waals surface area (Å²) >= 11 is 1.33. The number of carbonyl (C=O) groups excluding carboxylic acids is 3. The Morgan fingerprint density at radius 1 is 1.17 bits per heavy atom. The van der Waals surface area contributed by atoms with Gasteiger partial charge in [-0.1, -0.05) is 18.2 Å². The number of aryl methyl sites for hydroxylation is 1. The number of thiophene rings is 1. The zero-order valence-corrected chi connectivity index (χ0v) is 16.5. The van der Waals surface area contributed by atoms with Gasteiger partial charge < -0.3 is 5.32 Å². The van der Waals surface area contributed by atoms with E-state index in [2.05, 4.69) is 27.3 Å². The van der Waals surface area contributed by atoms with E-state index in [0.29, 0.717) is 15.9 Å². The molecule has 1 aliphatic heterocycles. The summed E-state index contributed by atoms with van der Waals surface area (Å²) in [5.74, 6) is -0.115. The molecule has 1 aromatic heterocycles. The SMILES string of the molecule is N#Cc1c(NC(=O)C(=O)NN=C=C2C=c3ccccc3=NC2=O)sc2c1CCCC2. The molecule has 1 aromatic carbocycles. The summed E-state index contributed by atoms with van der Waals surface area (Å²) in [6.07, 6.45) is 5.26. The topological polar surface area (TPSA) is 124 Å². The number of benzene rings is 1. The first kappa shape index (κ1) is 19.5. The van der Waals surface area contributed by atoms with Gasteiger partial charge in [-0.15, -0.1) is 16.4 Å². The molecule has 0 spiro atoms. The van der Waals surface area contributed by atoms with Gasteiger partial charge in [-0.25, -0.2) is 10.4 Å². The van der Waals surface area contributed by atoms with Crippen molar-refractivity contribution in [3.05, 3.63) is 56.4 Å². The standard InChI is InChI=1S/C21H15N5O3S/c22-10-15-14-6-2-4-8-17(14)30-21(15)25-19(28)20(29)26-23-11-13-9-12-5-1-3-7-16(12)24-18(13)27/h1,3,5,7,9H,2,4,6,8H2,(H,25,28)(H,26,29). The van der Waals surface area contributed by atoms with Crippen molar-refractivity contribution in [3.8, 4) is 6.07 Å². The zero-order valence-electron chi connectivity index (χ0n) is 15.7. The number of nitriles is 1. The second kappa shape index (κ2) is 8.25. The van der Waals surface area contributed by atoms with Crippen molar-refractivity contribution in [2.75, 3.05) is 5.32 Å². The molecule has 0 saturated heterocycles. The first-order valence-electron chi connectivity index (χ1n) is 9.25. The molecule has 0 saturated carbocycles. The van der Waals surface area contributed by atoms with Crippen LogP contribution in [-0.2, 0) is 27.2 Å². The van der Waals surface area contributed by atoms with E-state index < -0.39 is 17.7 Å². The lowest BCUT2D eigenvalue weighted by Crippen LogP contribution is -2.32. The monoisotopic (exact) mass is 417 g/mol. The maximum atomic E-state index is 12.2. The second-order valence-corrected chi connectivity index (χ2v) is 7.78. The average molecular weight is 417 g/mol. The normalized spacial score (nSPS) is 14.1. The van der Waals surface area contributed by atoms with Gasteiger partial charge in [0.2, 0.25) is 0 Å². The van der Waals surface area contributed by atoms with Gasteiger partial charge in [-0.3, -0.25) is 14.4 Å². The molecule has 0 fully saturated rings. The van der Waals surface area contributed by atoms with Gasteiger partial charge in [0.05, 0.1) is 10.9 Å². The minimum Gasteiger partial charge on any atom is -0.308 e. The summed E-state index contributed by atoms with van der Waals surface area (Å²) in [5, 5.41) is 17.1. The van der Waals surface area contributed by atoms with Crippen molar-refractivity contribution in [2.24, 2.45) is 10.1 Å². The maximum Gasteiger partial charge on any atom is 0.330 e. The van der Waals surface area contributed by atoms with Crippen molar-refractivity contribution < 1.29 is 14.4 Å². The summed E-state index contributed by atoms with van der Waals surface area (Å²) in [4.78, 5) is 41.2. The number of nitrogens with one attached hydrogen (secondary N) is 2. The van der Waals surface area contributed by atoms with Crippen LogP contribution in [0.15, 0.2) is 39.9 Å². The van der Waals surface area contributed by atoms with Crippen molar-refractivity contribution in [3.63, 3.8) is 0 Å². The van der Waals surface area contributed by atoms with E-state index in [1.165, 1.54) is 11.3 Å². The van der Waals surface area contributed by atoms with Crippen LogP contribution in [0.1, 0.15) is 28.8 Å². The van der Waals surface area contributed by atoms with Gasteiger partial charge in [0, 0.05) is 16.0 Å². The molecule has 3 amide bonds. The smallest absolute Gasteiger partial charge is 0.308 e. The first-order chi connectivity index (χ1) is 14.6. The van der Waals surface area contributed by atoms with Crippen LogP contribution in [0.4, 0.5) is 5.00 Å². The quantitative estimate of drug-likeness (QED) is 0.323. The van der Waals surface area contributed by atoms with E-state index >= 15 is 0 Å². The Morgan fingerprint density at radius 3 is 2.80 bits per heavy atom. The van der Waals surface area contributed by atoms with Crippen LogP contribution >= 0.6 is 11.3 Å². The predicted octanol–water partition coefficient (Wildman–Crippen LogP) is 0.705. The molecule has 2 aromatic rings. The fourth-order valence-corrected chi connectivity index (χ4v) is 4.53. The molecule has 2 N–H and O–H groups in total. The molecule has 9 heteroatoms. The van der Waals surface area contributed by atoms with Gasteiger partial charge >= 0.3 is 11.8 Å². The number of nitrogens with zero attached hydrogens (tertiary/aromatic N) is 3. The summed E-state index contributed by atoms with van der Waals surface area (Å²) in [7, 11) is 0. The summed E-state index contributed by atoms with van der Waals surface area (Å²) in [5.41, 5.74) is 3.49. The molecular formula is C21H15N5O3S. The number of anilines is 1. The molecule has 8 nitrogen and oxygen atoms in total. The van der Waals surface area contributed by atoms with Gasteiger partial charge in [0.25, 0.3) is 5.91 Å².